The number of carbonyl (C=O) groups excluding carboxylic acids is 1. The average Bonchev–Trinajstić information content (AvgIpc) is 2.15. The first-order valence-corrected chi connectivity index (χ1v) is 4.20. The molecule has 1 amide bonds. The Labute approximate surface area is 82.1 Å². The lowest BCUT2D eigenvalue weighted by atomic mass is 10.1. The van der Waals surface area contributed by atoms with Crippen LogP contribution in [0.4, 0.5) is 5.69 Å². The molecule has 0 aliphatic carbocycles. The number of nitrogens with two attached hydrogens (primary N) is 2. The third kappa shape index (κ3) is 2.49. The van der Waals surface area contributed by atoms with Crippen molar-refractivity contribution in [2.24, 2.45) is 5.73 Å². The second-order valence-corrected chi connectivity index (χ2v) is 2.99. The number of nitrogens with zero attached hydrogens (tertiary/aromatic N) is 1. The second-order valence-electron chi connectivity index (χ2n) is 2.99. The molecule has 14 heavy (non-hydrogen) atoms. The zero-order chi connectivity index (χ0) is 10.6. The number of carbonyl (C=O) groups is 1. The lowest BCUT2D eigenvalue weighted by molar-refractivity contribution is -0.117. The molecule has 4 N–H and O–H groups in total. The van der Waals surface area contributed by atoms with Gasteiger partial charge in [0.15, 0.2) is 0 Å². The van der Waals surface area contributed by atoms with Crippen LogP contribution in [0.15, 0.2) is 18.2 Å². The first-order valence-electron chi connectivity index (χ1n) is 4.20. The van der Waals surface area contributed by atoms with Crippen LogP contribution in [-0.4, -0.2) is 5.91 Å². The maximum atomic E-state index is 10.5. The van der Waals surface area contributed by atoms with Gasteiger partial charge in [0.25, 0.3) is 0 Å². The highest BCUT2D eigenvalue weighted by Gasteiger charge is 2.02. The van der Waals surface area contributed by atoms with Crippen molar-refractivity contribution in [3.8, 4) is 6.07 Å². The van der Waals surface area contributed by atoms with Crippen LogP contribution in [0.2, 0.25) is 0 Å². The van der Waals surface area contributed by atoms with Gasteiger partial charge in [-0.2, -0.15) is 5.26 Å². The van der Waals surface area contributed by atoms with Gasteiger partial charge in [0.2, 0.25) is 5.91 Å². The van der Waals surface area contributed by atoms with Gasteiger partial charge in [-0.25, -0.2) is 0 Å². The summed E-state index contributed by atoms with van der Waals surface area (Å²) in [5.41, 5.74) is 12.6. The van der Waals surface area contributed by atoms with Crippen molar-refractivity contribution in [3.05, 3.63) is 29.3 Å². The number of hydrogen-bond donors (Lipinski definition) is 2. The molecule has 1 aromatic rings. The van der Waals surface area contributed by atoms with Crippen LogP contribution in [0.25, 0.3) is 0 Å². The SMILES string of the molecule is N#Cc1ccc(CCC(N)=O)c(N)c1. The fourth-order valence-electron chi connectivity index (χ4n) is 1.15. The number of primary amides is 1. The van der Waals surface area contributed by atoms with Gasteiger partial charge >= 0.3 is 0 Å². The van der Waals surface area contributed by atoms with Gasteiger partial charge in [-0.1, -0.05) is 6.07 Å². The molecule has 4 heteroatoms. The highest BCUT2D eigenvalue weighted by Crippen LogP contribution is 2.15. The van der Waals surface area contributed by atoms with Crippen molar-refractivity contribution in [3.63, 3.8) is 0 Å². The van der Waals surface area contributed by atoms with Crippen molar-refractivity contribution in [1.29, 1.82) is 5.26 Å². The summed E-state index contributed by atoms with van der Waals surface area (Å²) in [5.74, 6) is -0.353. The molecular formula is C10H11N3O. The summed E-state index contributed by atoms with van der Waals surface area (Å²) in [4.78, 5) is 10.5. The monoisotopic (exact) mass is 189 g/mol. The van der Waals surface area contributed by atoms with Crippen LogP contribution in [0.5, 0.6) is 0 Å². The van der Waals surface area contributed by atoms with Gasteiger partial charge in [-0.05, 0) is 24.1 Å². The number of aryl methyl sites for hydroxylation is 1. The fourth-order valence-corrected chi connectivity index (χ4v) is 1.15. The van der Waals surface area contributed by atoms with Crippen LogP contribution in [-0.2, 0) is 11.2 Å². The third-order valence-corrected chi connectivity index (χ3v) is 1.92. The number of nitrogen functional groups attached to an aromatic ring is 1. The van der Waals surface area contributed by atoms with E-state index in [9.17, 15) is 4.79 Å². The number of amides is 1. The highest BCUT2D eigenvalue weighted by molar-refractivity contribution is 5.74. The van der Waals surface area contributed by atoms with Gasteiger partial charge in [0.1, 0.15) is 0 Å². The largest absolute Gasteiger partial charge is 0.398 e. The number of anilines is 1. The highest BCUT2D eigenvalue weighted by atomic mass is 16.1. The Hall–Kier alpha value is -2.02. The number of hydrogen-bond acceptors (Lipinski definition) is 3. The van der Waals surface area contributed by atoms with E-state index in [1.54, 1.807) is 18.2 Å². The molecule has 1 aromatic carbocycles. The minimum Gasteiger partial charge on any atom is -0.398 e. The predicted molar refractivity (Wildman–Crippen MR) is 53.1 cm³/mol. The summed E-state index contributed by atoms with van der Waals surface area (Å²) in [6.45, 7) is 0. The Kier molecular flexibility index (Phi) is 3.08. The van der Waals surface area contributed by atoms with E-state index in [2.05, 4.69) is 0 Å². The Bertz CT molecular complexity index is 393. The molecule has 0 aromatic heterocycles. The van der Waals surface area contributed by atoms with Crippen molar-refractivity contribution in [2.75, 3.05) is 5.73 Å². The van der Waals surface area contributed by atoms with E-state index < -0.39 is 0 Å². The molecule has 0 spiro atoms. The molecule has 4 nitrogen and oxygen atoms in total. The molecule has 0 unspecified atom stereocenters. The molecule has 0 aliphatic heterocycles. The van der Waals surface area contributed by atoms with Crippen molar-refractivity contribution in [1.82, 2.24) is 0 Å². The summed E-state index contributed by atoms with van der Waals surface area (Å²) >= 11 is 0. The molecule has 0 bridgehead atoms. The van der Waals surface area contributed by atoms with Crippen molar-refractivity contribution >= 4 is 11.6 Å². The van der Waals surface area contributed by atoms with Crippen LogP contribution >= 0.6 is 0 Å². The van der Waals surface area contributed by atoms with E-state index in [-0.39, 0.29) is 12.3 Å². The molecule has 0 saturated carbocycles. The maximum absolute atomic E-state index is 10.5. The lowest BCUT2D eigenvalue weighted by Gasteiger charge is -2.03. The molecule has 0 fully saturated rings. The van der Waals surface area contributed by atoms with Crippen LogP contribution < -0.4 is 11.5 Å². The quantitative estimate of drug-likeness (QED) is 0.680. The molecule has 0 heterocycles. The predicted octanol–water partition coefficient (Wildman–Crippen LogP) is 0.558. The van der Waals surface area contributed by atoms with Gasteiger partial charge in [-0.3, -0.25) is 4.79 Å². The van der Waals surface area contributed by atoms with Gasteiger partial charge in [0, 0.05) is 12.1 Å². The fraction of sp³-hybridized carbons (Fsp3) is 0.200. The molecule has 0 radical (unpaired) electrons. The van der Waals surface area contributed by atoms with E-state index in [1.165, 1.54) is 0 Å². The Morgan fingerprint density at radius 3 is 2.71 bits per heavy atom. The first-order chi connectivity index (χ1) is 6.63. The van der Waals surface area contributed by atoms with Gasteiger partial charge < -0.3 is 11.5 Å². The minimum absolute atomic E-state index is 0.274. The number of rotatable bonds is 3. The number of nitriles is 1. The standard InChI is InChI=1S/C10H11N3O/c11-6-7-1-2-8(9(12)5-7)3-4-10(13)14/h1-2,5H,3-4,12H2,(H2,13,14). The molecular weight excluding hydrogens is 178 g/mol. The van der Waals surface area contributed by atoms with E-state index in [4.69, 9.17) is 16.7 Å². The lowest BCUT2D eigenvalue weighted by Crippen LogP contribution is -2.11. The van der Waals surface area contributed by atoms with E-state index >= 15 is 0 Å². The summed E-state index contributed by atoms with van der Waals surface area (Å²) in [7, 11) is 0. The summed E-state index contributed by atoms with van der Waals surface area (Å²) in [5, 5.41) is 8.59. The molecule has 0 saturated heterocycles. The third-order valence-electron chi connectivity index (χ3n) is 1.92. The number of benzene rings is 1. The second kappa shape index (κ2) is 4.28. The normalized spacial score (nSPS) is 9.36. The van der Waals surface area contributed by atoms with E-state index in [0.29, 0.717) is 17.7 Å². The summed E-state index contributed by atoms with van der Waals surface area (Å²) < 4.78 is 0. The van der Waals surface area contributed by atoms with Crippen molar-refractivity contribution in [2.45, 2.75) is 12.8 Å². The van der Waals surface area contributed by atoms with Gasteiger partial charge in [-0.15, -0.1) is 0 Å². The topological polar surface area (TPSA) is 92.9 Å². The molecule has 1 rings (SSSR count). The minimum atomic E-state index is -0.353. The van der Waals surface area contributed by atoms with Crippen molar-refractivity contribution < 1.29 is 4.79 Å². The average molecular weight is 189 g/mol. The Morgan fingerprint density at radius 2 is 2.21 bits per heavy atom. The Morgan fingerprint density at radius 1 is 1.50 bits per heavy atom. The zero-order valence-corrected chi connectivity index (χ0v) is 7.66. The smallest absolute Gasteiger partial charge is 0.217 e. The zero-order valence-electron chi connectivity index (χ0n) is 7.66. The van der Waals surface area contributed by atoms with E-state index in [1.807, 2.05) is 6.07 Å². The molecule has 0 aliphatic rings. The summed E-state index contributed by atoms with van der Waals surface area (Å²) in [6, 6.07) is 7.00. The summed E-state index contributed by atoms with van der Waals surface area (Å²) in [6.07, 6.45) is 0.795. The first kappa shape index (κ1) is 10.1. The van der Waals surface area contributed by atoms with Crippen LogP contribution in [0.3, 0.4) is 0 Å². The molecule has 0 atom stereocenters. The van der Waals surface area contributed by atoms with E-state index in [0.717, 1.165) is 5.56 Å². The van der Waals surface area contributed by atoms with Gasteiger partial charge in [0.05, 0.1) is 11.6 Å². The Balaban J connectivity index is 2.80. The maximum Gasteiger partial charge on any atom is 0.217 e. The van der Waals surface area contributed by atoms with Crippen LogP contribution in [0, 0.1) is 11.3 Å². The molecule has 72 valence electrons. The van der Waals surface area contributed by atoms with Crippen LogP contribution in [0.1, 0.15) is 17.5 Å².